The Hall–Kier alpha value is -1.03. The van der Waals surface area contributed by atoms with Gasteiger partial charge in [0.25, 0.3) is 0 Å². The lowest BCUT2D eigenvalue weighted by Gasteiger charge is -2.16. The van der Waals surface area contributed by atoms with Crippen LogP contribution in [0.4, 0.5) is 0 Å². The maximum absolute atomic E-state index is 5.48. The smallest absolute Gasteiger partial charge is 0.190 e. The first-order valence-corrected chi connectivity index (χ1v) is 9.81. The fraction of sp³-hybridized carbons (Fsp3) is 0.611. The van der Waals surface area contributed by atoms with Crippen LogP contribution in [0.1, 0.15) is 18.4 Å². The van der Waals surface area contributed by atoms with Gasteiger partial charge in [-0.15, -0.1) is 24.0 Å². The van der Waals surface area contributed by atoms with E-state index in [0.29, 0.717) is 5.75 Å². The monoisotopic (exact) mass is 497 g/mol. The molecule has 0 aliphatic heterocycles. The van der Waals surface area contributed by atoms with Crippen LogP contribution in [0.3, 0.4) is 0 Å². The SMILES string of the molecule is CN=C(NCCCCSC)NCCc1c(OC)cc(OC)cc1OC.I. The first-order chi connectivity index (χ1) is 12.2. The average Bonchev–Trinajstić information content (AvgIpc) is 2.65. The Morgan fingerprint density at radius 2 is 1.62 bits per heavy atom. The number of nitrogens with zero attached hydrogens (tertiary/aromatic N) is 1. The molecule has 150 valence electrons. The van der Waals surface area contributed by atoms with Crippen molar-refractivity contribution in [3.8, 4) is 17.2 Å². The Morgan fingerprint density at radius 1 is 1.00 bits per heavy atom. The number of nitrogens with one attached hydrogen (secondary N) is 2. The van der Waals surface area contributed by atoms with Crippen LogP contribution in [-0.2, 0) is 6.42 Å². The lowest BCUT2D eigenvalue weighted by molar-refractivity contribution is 0.368. The van der Waals surface area contributed by atoms with E-state index >= 15 is 0 Å². The second kappa shape index (κ2) is 15.1. The second-order valence-corrected chi connectivity index (χ2v) is 6.37. The number of benzene rings is 1. The summed E-state index contributed by atoms with van der Waals surface area (Å²) in [6.45, 7) is 1.65. The van der Waals surface area contributed by atoms with E-state index in [2.05, 4.69) is 21.9 Å². The van der Waals surface area contributed by atoms with Gasteiger partial charge in [-0.1, -0.05) is 0 Å². The number of halogens is 1. The van der Waals surface area contributed by atoms with Crippen molar-refractivity contribution < 1.29 is 14.2 Å². The molecule has 0 saturated carbocycles. The van der Waals surface area contributed by atoms with E-state index in [-0.39, 0.29) is 24.0 Å². The molecule has 0 aliphatic carbocycles. The summed E-state index contributed by atoms with van der Waals surface area (Å²) in [6.07, 6.45) is 5.24. The van der Waals surface area contributed by atoms with Crippen molar-refractivity contribution >= 4 is 41.7 Å². The summed E-state index contributed by atoms with van der Waals surface area (Å²) in [5.41, 5.74) is 1.01. The van der Waals surface area contributed by atoms with Crippen molar-refractivity contribution in [2.45, 2.75) is 19.3 Å². The molecule has 1 aromatic carbocycles. The molecule has 2 N–H and O–H groups in total. The summed E-state index contributed by atoms with van der Waals surface area (Å²) >= 11 is 1.88. The molecule has 0 bridgehead atoms. The third-order valence-electron chi connectivity index (χ3n) is 3.78. The van der Waals surface area contributed by atoms with Crippen LogP contribution in [0, 0.1) is 0 Å². The molecule has 0 amide bonds. The van der Waals surface area contributed by atoms with Gasteiger partial charge in [0.15, 0.2) is 5.96 Å². The Kier molecular flexibility index (Phi) is 14.5. The summed E-state index contributed by atoms with van der Waals surface area (Å²) in [6, 6.07) is 3.74. The van der Waals surface area contributed by atoms with Gasteiger partial charge in [-0.05, 0) is 31.3 Å². The highest BCUT2D eigenvalue weighted by Crippen LogP contribution is 2.34. The average molecular weight is 497 g/mol. The molecule has 0 spiro atoms. The molecule has 0 aromatic heterocycles. The summed E-state index contributed by atoms with van der Waals surface area (Å²) in [7, 11) is 6.72. The van der Waals surface area contributed by atoms with E-state index in [1.54, 1.807) is 28.4 Å². The van der Waals surface area contributed by atoms with Crippen molar-refractivity contribution in [3.63, 3.8) is 0 Å². The van der Waals surface area contributed by atoms with Gasteiger partial charge in [-0.2, -0.15) is 11.8 Å². The van der Waals surface area contributed by atoms with Crippen molar-refractivity contribution in [1.29, 1.82) is 0 Å². The summed E-state index contributed by atoms with van der Waals surface area (Å²) in [4.78, 5) is 4.26. The van der Waals surface area contributed by atoms with E-state index in [9.17, 15) is 0 Å². The van der Waals surface area contributed by atoms with E-state index in [1.807, 2.05) is 23.9 Å². The number of thioether (sulfide) groups is 1. The predicted molar refractivity (Wildman–Crippen MR) is 122 cm³/mol. The number of rotatable bonds is 11. The number of aliphatic imine (C=N–C) groups is 1. The number of guanidine groups is 1. The quantitative estimate of drug-likeness (QED) is 0.212. The molecule has 0 aliphatic rings. The highest BCUT2D eigenvalue weighted by molar-refractivity contribution is 14.0. The zero-order valence-corrected chi connectivity index (χ0v) is 19.5. The summed E-state index contributed by atoms with van der Waals surface area (Å²) in [5, 5.41) is 6.67. The fourth-order valence-electron chi connectivity index (χ4n) is 2.43. The molecular formula is C18H32IN3O3S. The van der Waals surface area contributed by atoms with Gasteiger partial charge in [-0.25, -0.2) is 0 Å². The molecule has 0 radical (unpaired) electrons. The number of hydrogen-bond donors (Lipinski definition) is 2. The normalized spacial score (nSPS) is 10.7. The molecule has 1 aromatic rings. The Labute approximate surface area is 178 Å². The molecule has 6 nitrogen and oxygen atoms in total. The minimum absolute atomic E-state index is 0. The minimum Gasteiger partial charge on any atom is -0.496 e. The predicted octanol–water partition coefficient (Wildman–Crippen LogP) is 3.18. The molecule has 0 atom stereocenters. The van der Waals surface area contributed by atoms with Gasteiger partial charge in [-0.3, -0.25) is 4.99 Å². The third-order valence-corrected chi connectivity index (χ3v) is 4.47. The number of unbranched alkanes of at least 4 members (excludes halogenated alkanes) is 1. The Balaban J connectivity index is 0.00000625. The number of ether oxygens (including phenoxy) is 3. The van der Waals surface area contributed by atoms with Crippen LogP contribution < -0.4 is 24.8 Å². The van der Waals surface area contributed by atoms with Crippen LogP contribution in [0.25, 0.3) is 0 Å². The third kappa shape index (κ3) is 8.57. The number of methoxy groups -OCH3 is 3. The lowest BCUT2D eigenvalue weighted by Crippen LogP contribution is -2.38. The van der Waals surface area contributed by atoms with E-state index in [0.717, 1.165) is 49.0 Å². The second-order valence-electron chi connectivity index (χ2n) is 5.39. The first kappa shape index (κ1) is 25.0. The van der Waals surface area contributed by atoms with Crippen molar-refractivity contribution in [2.75, 3.05) is 53.5 Å². The van der Waals surface area contributed by atoms with E-state index < -0.39 is 0 Å². The van der Waals surface area contributed by atoms with Crippen LogP contribution in [-0.4, -0.2) is 59.4 Å². The van der Waals surface area contributed by atoms with Crippen LogP contribution in [0.15, 0.2) is 17.1 Å². The Morgan fingerprint density at radius 3 is 2.12 bits per heavy atom. The van der Waals surface area contributed by atoms with Gasteiger partial charge in [0.05, 0.1) is 21.3 Å². The molecule has 0 heterocycles. The molecule has 1 rings (SSSR count). The Bertz CT molecular complexity index is 519. The fourth-order valence-corrected chi connectivity index (χ4v) is 2.92. The van der Waals surface area contributed by atoms with Crippen LogP contribution in [0.2, 0.25) is 0 Å². The zero-order valence-electron chi connectivity index (χ0n) is 16.4. The molecule has 0 saturated heterocycles. The first-order valence-electron chi connectivity index (χ1n) is 8.42. The van der Waals surface area contributed by atoms with E-state index in [1.165, 1.54) is 12.2 Å². The highest BCUT2D eigenvalue weighted by atomic mass is 127. The summed E-state index contributed by atoms with van der Waals surface area (Å²) < 4.78 is 16.2. The molecule has 26 heavy (non-hydrogen) atoms. The van der Waals surface area contributed by atoms with Gasteiger partial charge in [0.2, 0.25) is 0 Å². The van der Waals surface area contributed by atoms with Crippen molar-refractivity contribution in [2.24, 2.45) is 4.99 Å². The van der Waals surface area contributed by atoms with Crippen molar-refractivity contribution in [1.82, 2.24) is 10.6 Å². The zero-order chi connectivity index (χ0) is 18.5. The lowest BCUT2D eigenvalue weighted by atomic mass is 10.1. The highest BCUT2D eigenvalue weighted by Gasteiger charge is 2.13. The maximum Gasteiger partial charge on any atom is 0.190 e. The topological polar surface area (TPSA) is 64.1 Å². The largest absolute Gasteiger partial charge is 0.496 e. The van der Waals surface area contributed by atoms with Gasteiger partial charge in [0.1, 0.15) is 17.2 Å². The molecular weight excluding hydrogens is 465 g/mol. The maximum atomic E-state index is 5.48. The molecule has 0 fully saturated rings. The standard InChI is InChI=1S/C18H31N3O3S.HI/c1-19-18(20-9-6-7-11-25-5)21-10-8-15-16(23-3)12-14(22-2)13-17(15)24-4;/h12-13H,6-11H2,1-5H3,(H2,19,20,21);1H. The van der Waals surface area contributed by atoms with Crippen LogP contribution in [0.5, 0.6) is 17.2 Å². The number of hydrogen-bond acceptors (Lipinski definition) is 5. The van der Waals surface area contributed by atoms with Crippen LogP contribution >= 0.6 is 35.7 Å². The van der Waals surface area contributed by atoms with E-state index in [4.69, 9.17) is 14.2 Å². The van der Waals surface area contributed by atoms with Gasteiger partial charge < -0.3 is 24.8 Å². The van der Waals surface area contributed by atoms with Crippen molar-refractivity contribution in [3.05, 3.63) is 17.7 Å². The van der Waals surface area contributed by atoms with Gasteiger partial charge in [0, 0.05) is 37.8 Å². The molecule has 8 heteroatoms. The summed E-state index contributed by atoms with van der Waals surface area (Å²) in [5.74, 6) is 4.25. The minimum atomic E-state index is 0. The van der Waals surface area contributed by atoms with Gasteiger partial charge >= 0.3 is 0 Å². The molecule has 0 unspecified atom stereocenters.